The minimum Gasteiger partial charge on any atom is -0.389 e. The van der Waals surface area contributed by atoms with Crippen LogP contribution in [0.25, 0.3) is 0 Å². The van der Waals surface area contributed by atoms with E-state index < -0.39 is 10.8 Å². The molecule has 0 radical (unpaired) electrons. The van der Waals surface area contributed by atoms with Gasteiger partial charge in [0.05, 0.1) is 0 Å². The van der Waals surface area contributed by atoms with Crippen LogP contribution >= 0.6 is 28.1 Å². The molecule has 2 atom stereocenters. The zero-order valence-corrected chi connectivity index (χ0v) is 13.6. The Kier molecular flexibility index (Phi) is 6.25. The fraction of sp³-hybridized carbons (Fsp3) is 0.417. The molecule has 2 unspecified atom stereocenters. The van der Waals surface area contributed by atoms with Crippen molar-refractivity contribution in [3.05, 3.63) is 28.2 Å². The first-order chi connectivity index (χ1) is 8.40. The summed E-state index contributed by atoms with van der Waals surface area (Å²) >= 11 is 8.43. The van der Waals surface area contributed by atoms with Gasteiger partial charge in [-0.05, 0) is 31.5 Å². The van der Waals surface area contributed by atoms with Crippen molar-refractivity contribution < 1.29 is 4.21 Å². The lowest BCUT2D eigenvalue weighted by Gasteiger charge is -2.17. The van der Waals surface area contributed by atoms with Crippen LogP contribution < -0.4 is 11.1 Å². The molecule has 0 aliphatic rings. The first kappa shape index (κ1) is 15.6. The van der Waals surface area contributed by atoms with Gasteiger partial charge in [-0.15, -0.1) is 0 Å². The van der Waals surface area contributed by atoms with E-state index >= 15 is 0 Å². The molecule has 0 saturated carbocycles. The van der Waals surface area contributed by atoms with Crippen LogP contribution in [0.4, 0.5) is 5.69 Å². The second kappa shape index (κ2) is 7.21. The molecule has 0 aliphatic heterocycles. The van der Waals surface area contributed by atoms with Gasteiger partial charge in [-0.1, -0.05) is 28.1 Å². The first-order valence-electron chi connectivity index (χ1n) is 5.56. The number of hydrogen-bond acceptors (Lipinski definition) is 3. The van der Waals surface area contributed by atoms with E-state index in [1.54, 1.807) is 6.26 Å². The molecule has 18 heavy (non-hydrogen) atoms. The van der Waals surface area contributed by atoms with E-state index in [9.17, 15) is 4.21 Å². The number of thiocarbonyl (C=S) groups is 1. The highest BCUT2D eigenvalue weighted by molar-refractivity contribution is 9.10. The zero-order chi connectivity index (χ0) is 13.7. The SMILES string of the molecule is CC(CCS(C)=O)Nc1ccc(Br)cc1C(N)=S. The Bertz CT molecular complexity index is 465. The predicted molar refractivity (Wildman–Crippen MR) is 86.7 cm³/mol. The molecule has 0 heterocycles. The Labute approximate surface area is 124 Å². The van der Waals surface area contributed by atoms with Crippen molar-refractivity contribution in [2.45, 2.75) is 19.4 Å². The third-order valence-electron chi connectivity index (χ3n) is 2.49. The van der Waals surface area contributed by atoms with Crippen molar-refractivity contribution in [1.82, 2.24) is 0 Å². The maximum atomic E-state index is 11.1. The summed E-state index contributed by atoms with van der Waals surface area (Å²) < 4.78 is 12.0. The van der Waals surface area contributed by atoms with Crippen molar-refractivity contribution in [3.63, 3.8) is 0 Å². The molecule has 0 amide bonds. The Balaban J connectivity index is 2.77. The van der Waals surface area contributed by atoms with Crippen LogP contribution in [0.2, 0.25) is 0 Å². The number of nitrogens with two attached hydrogens (primary N) is 1. The summed E-state index contributed by atoms with van der Waals surface area (Å²) in [7, 11) is -0.760. The highest BCUT2D eigenvalue weighted by Gasteiger charge is 2.09. The highest BCUT2D eigenvalue weighted by atomic mass is 79.9. The summed E-state index contributed by atoms with van der Waals surface area (Å²) in [5, 5.41) is 3.35. The monoisotopic (exact) mass is 348 g/mol. The van der Waals surface area contributed by atoms with Crippen LogP contribution in [0, 0.1) is 0 Å². The Morgan fingerprint density at radius 3 is 2.83 bits per heavy atom. The molecule has 0 bridgehead atoms. The van der Waals surface area contributed by atoms with E-state index in [0.717, 1.165) is 22.1 Å². The Morgan fingerprint density at radius 2 is 2.28 bits per heavy atom. The molecule has 0 aliphatic carbocycles. The van der Waals surface area contributed by atoms with E-state index in [-0.39, 0.29) is 6.04 Å². The molecule has 1 aromatic carbocycles. The van der Waals surface area contributed by atoms with Gasteiger partial charge in [-0.2, -0.15) is 0 Å². The standard InChI is InChI=1S/C12H17BrN2OS2/c1-8(5-6-18(2)16)15-11-4-3-9(13)7-10(11)12(14)17/h3-4,7-8,15H,5-6H2,1-2H3,(H2,14,17). The van der Waals surface area contributed by atoms with Crippen molar-refractivity contribution in [2.24, 2.45) is 5.73 Å². The van der Waals surface area contributed by atoms with Crippen molar-refractivity contribution in [3.8, 4) is 0 Å². The van der Waals surface area contributed by atoms with Crippen LogP contribution in [0.15, 0.2) is 22.7 Å². The van der Waals surface area contributed by atoms with Crippen LogP contribution in [0.1, 0.15) is 18.9 Å². The first-order valence-corrected chi connectivity index (χ1v) is 8.49. The van der Waals surface area contributed by atoms with E-state index in [1.807, 2.05) is 18.2 Å². The molecule has 0 aromatic heterocycles. The largest absolute Gasteiger partial charge is 0.389 e. The molecule has 3 nitrogen and oxygen atoms in total. The lowest BCUT2D eigenvalue weighted by molar-refractivity contribution is 0.678. The highest BCUT2D eigenvalue weighted by Crippen LogP contribution is 2.22. The summed E-state index contributed by atoms with van der Waals surface area (Å²) in [6.07, 6.45) is 2.56. The number of halogens is 1. The maximum absolute atomic E-state index is 11.1. The van der Waals surface area contributed by atoms with E-state index in [1.165, 1.54) is 0 Å². The number of rotatable bonds is 6. The number of hydrogen-bond donors (Lipinski definition) is 2. The van der Waals surface area contributed by atoms with E-state index in [2.05, 4.69) is 28.2 Å². The smallest absolute Gasteiger partial charge is 0.106 e. The fourth-order valence-corrected chi connectivity index (χ4v) is 2.74. The van der Waals surface area contributed by atoms with Gasteiger partial charge in [-0.3, -0.25) is 4.21 Å². The molecule has 1 rings (SSSR count). The third kappa shape index (κ3) is 5.04. The minimum absolute atomic E-state index is 0.225. The van der Waals surface area contributed by atoms with Gasteiger partial charge in [0, 0.05) is 44.6 Å². The lowest BCUT2D eigenvalue weighted by Crippen LogP contribution is -2.21. The second-order valence-electron chi connectivity index (χ2n) is 4.17. The van der Waals surface area contributed by atoms with Crippen LogP contribution in [0.5, 0.6) is 0 Å². The summed E-state index contributed by atoms with van der Waals surface area (Å²) in [6, 6.07) is 6.01. The lowest BCUT2D eigenvalue weighted by atomic mass is 10.1. The zero-order valence-electron chi connectivity index (χ0n) is 10.4. The third-order valence-corrected chi connectivity index (χ3v) is 4.01. The van der Waals surface area contributed by atoms with Crippen molar-refractivity contribution >= 4 is 49.6 Å². The van der Waals surface area contributed by atoms with Gasteiger partial charge in [-0.25, -0.2) is 0 Å². The molecule has 1 aromatic rings. The fourth-order valence-electron chi connectivity index (χ4n) is 1.53. The molecule has 0 saturated heterocycles. The molecular weight excluding hydrogens is 332 g/mol. The Morgan fingerprint density at radius 1 is 1.61 bits per heavy atom. The quantitative estimate of drug-likeness (QED) is 0.776. The van der Waals surface area contributed by atoms with Crippen molar-refractivity contribution in [1.29, 1.82) is 0 Å². The van der Waals surface area contributed by atoms with Crippen LogP contribution in [0.3, 0.4) is 0 Å². The maximum Gasteiger partial charge on any atom is 0.106 e. The van der Waals surface area contributed by atoms with Gasteiger partial charge >= 0.3 is 0 Å². The molecule has 0 spiro atoms. The second-order valence-corrected chi connectivity index (χ2v) is 7.08. The molecule has 6 heteroatoms. The van der Waals surface area contributed by atoms with Gasteiger partial charge in [0.15, 0.2) is 0 Å². The van der Waals surface area contributed by atoms with E-state index in [4.69, 9.17) is 18.0 Å². The van der Waals surface area contributed by atoms with Crippen LogP contribution in [-0.2, 0) is 10.8 Å². The topological polar surface area (TPSA) is 55.1 Å². The number of benzene rings is 1. The predicted octanol–water partition coefficient (Wildman–Crippen LogP) is 2.65. The normalized spacial score (nSPS) is 13.9. The molecular formula is C12H17BrN2OS2. The molecule has 0 fully saturated rings. The summed E-state index contributed by atoms with van der Waals surface area (Å²) in [6.45, 7) is 2.05. The summed E-state index contributed by atoms with van der Waals surface area (Å²) in [4.78, 5) is 0.366. The minimum atomic E-state index is -0.760. The van der Waals surface area contributed by atoms with E-state index in [0.29, 0.717) is 10.7 Å². The molecule has 3 N–H and O–H groups in total. The van der Waals surface area contributed by atoms with Crippen molar-refractivity contribution in [2.75, 3.05) is 17.3 Å². The number of nitrogens with one attached hydrogen (secondary N) is 1. The average Bonchev–Trinajstić information content (AvgIpc) is 2.28. The van der Waals surface area contributed by atoms with Crippen LogP contribution in [-0.4, -0.2) is 27.2 Å². The Hall–Kier alpha value is -0.460. The van der Waals surface area contributed by atoms with Gasteiger partial charge in [0.2, 0.25) is 0 Å². The number of anilines is 1. The summed E-state index contributed by atoms with van der Waals surface area (Å²) in [5.74, 6) is 0.688. The molecule has 100 valence electrons. The van der Waals surface area contributed by atoms with Gasteiger partial charge < -0.3 is 11.1 Å². The summed E-state index contributed by atoms with van der Waals surface area (Å²) in [5.41, 5.74) is 7.44. The van der Waals surface area contributed by atoms with Gasteiger partial charge in [0.25, 0.3) is 0 Å². The van der Waals surface area contributed by atoms with Gasteiger partial charge in [0.1, 0.15) is 4.99 Å². The average molecular weight is 349 g/mol.